The van der Waals surface area contributed by atoms with Crippen LogP contribution in [0.3, 0.4) is 0 Å². The number of nitrogens with zero attached hydrogens (tertiary/aromatic N) is 1. The number of likely N-dealkylation sites (tertiary alicyclic amines) is 1. The van der Waals surface area contributed by atoms with Crippen LogP contribution in [-0.2, 0) is 9.59 Å². The molecule has 2 aromatic rings. The Morgan fingerprint density at radius 3 is 2.41 bits per heavy atom. The lowest BCUT2D eigenvalue weighted by atomic mass is 9.95. The number of Topliss-reactive ketones (excluding diaryl/α,β-unsaturated/α-hetero) is 1. The maximum Gasteiger partial charge on any atom is 0.295 e. The van der Waals surface area contributed by atoms with Crippen molar-refractivity contribution in [1.82, 2.24) is 4.90 Å². The summed E-state index contributed by atoms with van der Waals surface area (Å²) < 4.78 is 10.7. The van der Waals surface area contributed by atoms with Crippen LogP contribution in [0.2, 0.25) is 0 Å². The van der Waals surface area contributed by atoms with Gasteiger partial charge in [0, 0.05) is 12.1 Å². The molecule has 152 valence electrons. The summed E-state index contributed by atoms with van der Waals surface area (Å²) in [6.07, 6.45) is 0.694. The zero-order valence-corrected chi connectivity index (χ0v) is 16.8. The van der Waals surface area contributed by atoms with Gasteiger partial charge in [-0.2, -0.15) is 0 Å². The highest BCUT2D eigenvalue weighted by atomic mass is 16.5. The fraction of sp³-hybridized carbons (Fsp3) is 0.304. The van der Waals surface area contributed by atoms with E-state index in [9.17, 15) is 14.7 Å². The van der Waals surface area contributed by atoms with Gasteiger partial charge < -0.3 is 19.5 Å². The molecule has 1 N–H and O–H groups in total. The van der Waals surface area contributed by atoms with E-state index in [2.05, 4.69) is 0 Å². The second-order valence-electron chi connectivity index (χ2n) is 6.73. The molecule has 1 unspecified atom stereocenters. The Labute approximate surface area is 170 Å². The summed E-state index contributed by atoms with van der Waals surface area (Å²) >= 11 is 0. The molecule has 1 saturated heterocycles. The van der Waals surface area contributed by atoms with Gasteiger partial charge in [0.2, 0.25) is 0 Å². The van der Waals surface area contributed by atoms with Crippen LogP contribution >= 0.6 is 0 Å². The van der Waals surface area contributed by atoms with E-state index in [1.807, 2.05) is 26.0 Å². The second-order valence-corrected chi connectivity index (χ2v) is 6.73. The molecule has 0 aliphatic carbocycles. The maximum absolute atomic E-state index is 12.8. The first-order chi connectivity index (χ1) is 14.0. The topological polar surface area (TPSA) is 76.1 Å². The zero-order valence-electron chi connectivity index (χ0n) is 16.8. The SMILES string of the molecule is CCCN1C(=O)C(=O)/C(=C(\O)c2cccc(OC)c2)C1c1ccc(OCC)cc1. The van der Waals surface area contributed by atoms with Gasteiger partial charge in [-0.25, -0.2) is 0 Å². The maximum atomic E-state index is 12.8. The van der Waals surface area contributed by atoms with Gasteiger partial charge in [-0.05, 0) is 43.2 Å². The van der Waals surface area contributed by atoms with Crippen molar-refractivity contribution >= 4 is 17.4 Å². The monoisotopic (exact) mass is 395 g/mol. The van der Waals surface area contributed by atoms with Gasteiger partial charge in [0.25, 0.3) is 11.7 Å². The third-order valence-electron chi connectivity index (χ3n) is 4.85. The summed E-state index contributed by atoms with van der Waals surface area (Å²) in [7, 11) is 1.53. The number of carbonyl (C=O) groups is 2. The summed E-state index contributed by atoms with van der Waals surface area (Å²) in [6.45, 7) is 4.80. The van der Waals surface area contributed by atoms with Gasteiger partial charge in [-0.1, -0.05) is 31.2 Å². The van der Waals surface area contributed by atoms with Gasteiger partial charge in [-0.15, -0.1) is 0 Å². The van der Waals surface area contributed by atoms with E-state index < -0.39 is 17.7 Å². The highest BCUT2D eigenvalue weighted by molar-refractivity contribution is 6.46. The summed E-state index contributed by atoms with van der Waals surface area (Å²) in [5.41, 5.74) is 1.25. The molecular formula is C23H25NO5. The first-order valence-corrected chi connectivity index (χ1v) is 9.67. The number of hydrogen-bond donors (Lipinski definition) is 1. The van der Waals surface area contributed by atoms with E-state index in [0.29, 0.717) is 36.6 Å². The van der Waals surface area contributed by atoms with Crippen molar-refractivity contribution in [2.75, 3.05) is 20.3 Å². The summed E-state index contributed by atoms with van der Waals surface area (Å²) in [5, 5.41) is 11.0. The average molecular weight is 395 g/mol. The predicted molar refractivity (Wildman–Crippen MR) is 110 cm³/mol. The van der Waals surface area contributed by atoms with Gasteiger partial charge in [0.05, 0.1) is 25.3 Å². The number of aliphatic hydroxyl groups excluding tert-OH is 1. The smallest absolute Gasteiger partial charge is 0.295 e. The van der Waals surface area contributed by atoms with E-state index in [0.717, 1.165) is 5.56 Å². The van der Waals surface area contributed by atoms with Crippen LogP contribution in [0.1, 0.15) is 37.4 Å². The fourth-order valence-electron chi connectivity index (χ4n) is 3.54. The fourth-order valence-corrected chi connectivity index (χ4v) is 3.54. The molecule has 1 amide bonds. The minimum Gasteiger partial charge on any atom is -0.507 e. The van der Waals surface area contributed by atoms with Crippen molar-refractivity contribution in [3.63, 3.8) is 0 Å². The summed E-state index contributed by atoms with van der Waals surface area (Å²) in [4.78, 5) is 27.1. The van der Waals surface area contributed by atoms with Gasteiger partial charge in [0.15, 0.2) is 0 Å². The van der Waals surface area contributed by atoms with E-state index in [4.69, 9.17) is 9.47 Å². The summed E-state index contributed by atoms with van der Waals surface area (Å²) in [5.74, 6) is -0.237. The largest absolute Gasteiger partial charge is 0.507 e. The molecule has 0 bridgehead atoms. The van der Waals surface area contributed by atoms with Gasteiger partial charge in [-0.3, -0.25) is 9.59 Å². The van der Waals surface area contributed by atoms with Crippen molar-refractivity contribution in [1.29, 1.82) is 0 Å². The highest BCUT2D eigenvalue weighted by Crippen LogP contribution is 2.40. The molecule has 6 heteroatoms. The molecule has 1 aliphatic rings. The average Bonchev–Trinajstić information content (AvgIpc) is 2.99. The Morgan fingerprint density at radius 2 is 1.79 bits per heavy atom. The Hall–Kier alpha value is -3.28. The molecule has 1 heterocycles. The van der Waals surface area contributed by atoms with E-state index in [-0.39, 0.29) is 11.3 Å². The Bertz CT molecular complexity index is 933. The number of hydrogen-bond acceptors (Lipinski definition) is 5. The molecule has 6 nitrogen and oxygen atoms in total. The van der Waals surface area contributed by atoms with Crippen LogP contribution in [0.4, 0.5) is 0 Å². The van der Waals surface area contributed by atoms with E-state index >= 15 is 0 Å². The number of rotatable bonds is 7. The van der Waals surface area contributed by atoms with Crippen LogP contribution in [-0.4, -0.2) is 42.0 Å². The first-order valence-electron chi connectivity index (χ1n) is 9.67. The Kier molecular flexibility index (Phi) is 6.22. The number of benzene rings is 2. The van der Waals surface area contributed by atoms with Gasteiger partial charge >= 0.3 is 0 Å². The lowest BCUT2D eigenvalue weighted by molar-refractivity contribution is -0.139. The lowest BCUT2D eigenvalue weighted by Crippen LogP contribution is -2.30. The molecule has 0 radical (unpaired) electrons. The molecule has 2 aromatic carbocycles. The molecule has 1 atom stereocenters. The van der Waals surface area contributed by atoms with Crippen molar-refractivity contribution in [3.05, 3.63) is 65.2 Å². The minimum absolute atomic E-state index is 0.0841. The molecule has 0 aromatic heterocycles. The van der Waals surface area contributed by atoms with Crippen LogP contribution in [0.25, 0.3) is 5.76 Å². The van der Waals surface area contributed by atoms with Gasteiger partial charge in [0.1, 0.15) is 17.3 Å². The van der Waals surface area contributed by atoms with Crippen molar-refractivity contribution in [3.8, 4) is 11.5 Å². The van der Waals surface area contributed by atoms with Crippen LogP contribution in [0.5, 0.6) is 11.5 Å². The Morgan fingerprint density at radius 1 is 1.07 bits per heavy atom. The number of carbonyl (C=O) groups excluding carboxylic acids is 2. The molecule has 3 rings (SSSR count). The molecule has 29 heavy (non-hydrogen) atoms. The molecule has 0 spiro atoms. The van der Waals surface area contributed by atoms with Crippen LogP contribution < -0.4 is 9.47 Å². The number of aliphatic hydroxyl groups is 1. The van der Waals surface area contributed by atoms with Crippen LogP contribution in [0.15, 0.2) is 54.1 Å². The third kappa shape index (κ3) is 3.97. The van der Waals surface area contributed by atoms with Crippen molar-refractivity contribution in [2.24, 2.45) is 0 Å². The highest BCUT2D eigenvalue weighted by Gasteiger charge is 2.45. The minimum atomic E-state index is -0.683. The number of ketones is 1. The summed E-state index contributed by atoms with van der Waals surface area (Å²) in [6, 6.07) is 13.4. The first kappa shape index (κ1) is 20.5. The zero-order chi connectivity index (χ0) is 21.0. The number of ether oxygens (including phenoxy) is 2. The second kappa shape index (κ2) is 8.82. The predicted octanol–water partition coefficient (Wildman–Crippen LogP) is 3.93. The van der Waals surface area contributed by atoms with E-state index in [1.165, 1.54) is 12.0 Å². The van der Waals surface area contributed by atoms with Crippen molar-refractivity contribution < 1.29 is 24.2 Å². The molecule has 0 saturated carbocycles. The normalized spacial score (nSPS) is 18.2. The standard InChI is InChI=1S/C23H25NO5/c1-4-13-24-20(15-9-11-17(12-10-15)29-5-2)19(22(26)23(24)27)21(25)16-7-6-8-18(14-16)28-3/h6-12,14,20,25H,4-5,13H2,1-3H3/b21-19-. The third-order valence-corrected chi connectivity index (χ3v) is 4.85. The Balaban J connectivity index is 2.13. The van der Waals surface area contributed by atoms with Crippen LogP contribution in [0, 0.1) is 0 Å². The molecular weight excluding hydrogens is 370 g/mol. The molecule has 1 aliphatic heterocycles. The molecule has 1 fully saturated rings. The lowest BCUT2D eigenvalue weighted by Gasteiger charge is -2.25. The van der Waals surface area contributed by atoms with E-state index in [1.54, 1.807) is 36.4 Å². The quantitative estimate of drug-likeness (QED) is 0.437. The number of amides is 1. The number of methoxy groups -OCH3 is 1. The van der Waals surface area contributed by atoms with Crippen molar-refractivity contribution in [2.45, 2.75) is 26.3 Å².